The van der Waals surface area contributed by atoms with Gasteiger partial charge in [-0.15, -0.1) is 0 Å². The van der Waals surface area contributed by atoms with Gasteiger partial charge in [0.2, 0.25) is 0 Å². The van der Waals surface area contributed by atoms with Crippen molar-refractivity contribution in [2.75, 3.05) is 72.0 Å². The Hall–Kier alpha value is -0.360. The van der Waals surface area contributed by atoms with Crippen molar-refractivity contribution in [1.82, 2.24) is 20.0 Å². The van der Waals surface area contributed by atoms with Crippen LogP contribution in [0, 0.1) is 0 Å². The van der Waals surface area contributed by atoms with Crippen molar-refractivity contribution >= 4 is 0 Å². The molecule has 0 spiro atoms. The topological polar surface area (TPSA) is 123 Å². The second-order valence-electron chi connectivity index (χ2n) is 34.8. The fourth-order valence-corrected chi connectivity index (χ4v) is 16.5. The smallest absolute Gasteiger partial charge is 0.0667 e. The van der Waals surface area contributed by atoms with E-state index in [1.165, 1.54) is 417 Å². The van der Waals surface area contributed by atoms with E-state index in [0.29, 0.717) is 32.7 Å². The van der Waals surface area contributed by atoms with Crippen LogP contribution in [0.5, 0.6) is 0 Å². The number of rotatable bonds is 94. The van der Waals surface area contributed by atoms with Gasteiger partial charge in [0.15, 0.2) is 0 Å². The number of aliphatic hydroxyl groups is 5. The summed E-state index contributed by atoms with van der Waals surface area (Å²) in [5, 5.41) is 62.0. The van der Waals surface area contributed by atoms with Gasteiger partial charge in [-0.25, -0.2) is 0 Å². The fraction of sp³-hybridized carbons (Fsp3) is 1.00. The van der Waals surface area contributed by atoms with Crippen LogP contribution in [0.3, 0.4) is 0 Å². The van der Waals surface area contributed by atoms with Crippen molar-refractivity contribution < 1.29 is 25.5 Å². The predicted molar refractivity (Wildman–Crippen MR) is 467 cm³/mol. The summed E-state index contributed by atoms with van der Waals surface area (Å²) in [6, 6.07) is 0. The molecule has 105 heavy (non-hydrogen) atoms. The summed E-state index contributed by atoms with van der Waals surface area (Å²) >= 11 is 0. The predicted octanol–water partition coefficient (Wildman–Crippen LogP) is 27.6. The lowest BCUT2D eigenvalue weighted by molar-refractivity contribution is 0.0466. The van der Waals surface area contributed by atoms with Crippen LogP contribution in [0.4, 0.5) is 0 Å². The van der Waals surface area contributed by atoms with E-state index >= 15 is 0 Å². The van der Waals surface area contributed by atoms with Gasteiger partial charge in [0, 0.05) is 72.0 Å². The molecule has 0 radical (unpaired) electrons. The highest BCUT2D eigenvalue weighted by Gasteiger charge is 2.21. The summed E-state index contributed by atoms with van der Waals surface area (Å²) in [4.78, 5) is 7.34. The minimum Gasteiger partial charge on any atom is -0.392 e. The monoisotopic (exact) mass is 1490 g/mol. The molecule has 9 nitrogen and oxygen atoms in total. The zero-order valence-corrected chi connectivity index (χ0v) is 72.8. The van der Waals surface area contributed by atoms with Crippen LogP contribution in [-0.4, -0.2) is 143 Å². The molecule has 0 bridgehead atoms. The molecule has 5 atom stereocenters. The molecule has 0 saturated heterocycles. The van der Waals surface area contributed by atoms with Gasteiger partial charge in [-0.2, -0.15) is 0 Å². The van der Waals surface area contributed by atoms with Gasteiger partial charge in [0.25, 0.3) is 0 Å². The molecule has 0 saturated carbocycles. The van der Waals surface area contributed by atoms with Crippen molar-refractivity contribution in [1.29, 1.82) is 0 Å². The maximum Gasteiger partial charge on any atom is 0.0667 e. The molecule has 0 aliphatic heterocycles. The third-order valence-electron chi connectivity index (χ3n) is 23.8. The van der Waals surface area contributed by atoms with E-state index in [0.717, 1.165) is 103 Å². The van der Waals surface area contributed by atoms with Crippen LogP contribution in [-0.2, 0) is 0 Å². The van der Waals surface area contributed by atoms with E-state index < -0.39 is 24.4 Å². The van der Waals surface area contributed by atoms with E-state index in [-0.39, 0.29) is 6.10 Å². The Bertz CT molecular complexity index is 1390. The van der Waals surface area contributed by atoms with Gasteiger partial charge in [0.05, 0.1) is 30.5 Å². The van der Waals surface area contributed by atoms with Crippen LogP contribution in [0.15, 0.2) is 0 Å². The lowest BCUT2D eigenvalue weighted by Crippen LogP contribution is -2.47. The number of nitrogens with one attached hydrogen (secondary N) is 1. The third kappa shape index (κ3) is 84.4. The van der Waals surface area contributed by atoms with E-state index in [1.807, 2.05) is 0 Å². The normalized spacial score (nSPS) is 13.6. The number of aliphatic hydroxyl groups excluding tert-OH is 5. The first kappa shape index (κ1) is 105. The Morgan fingerprint density at radius 1 is 0.171 bits per heavy atom. The molecule has 0 aromatic heterocycles. The quantitative estimate of drug-likeness (QED) is 0.0331. The van der Waals surface area contributed by atoms with Crippen molar-refractivity contribution in [2.24, 2.45) is 0 Å². The van der Waals surface area contributed by atoms with E-state index in [4.69, 9.17) is 0 Å². The van der Waals surface area contributed by atoms with E-state index in [1.54, 1.807) is 0 Å². The van der Waals surface area contributed by atoms with Crippen molar-refractivity contribution in [3.8, 4) is 0 Å². The number of hydrogen-bond donors (Lipinski definition) is 6. The first-order valence-electron chi connectivity index (χ1n) is 49.0. The van der Waals surface area contributed by atoms with Gasteiger partial charge >= 0.3 is 0 Å². The largest absolute Gasteiger partial charge is 0.392 e. The maximum absolute atomic E-state index is 11.8. The number of unbranched alkanes of at least 4 members (excludes halogenated alkanes) is 65. The highest BCUT2D eigenvalue weighted by Crippen LogP contribution is 2.22. The summed E-state index contributed by atoms with van der Waals surface area (Å²) in [6.45, 7) is 19.3. The summed E-state index contributed by atoms with van der Waals surface area (Å²) < 4.78 is 0. The first-order valence-corrected chi connectivity index (χ1v) is 49.0. The molecule has 0 aromatic carbocycles. The van der Waals surface area contributed by atoms with Gasteiger partial charge in [-0.1, -0.05) is 484 Å². The first-order chi connectivity index (χ1) is 51.7. The lowest BCUT2D eigenvalue weighted by Gasteiger charge is -2.33. The van der Waals surface area contributed by atoms with E-state index in [9.17, 15) is 25.5 Å². The standard InChI is InChI=1S/C96H198N4O5/c1-6-11-16-21-26-31-36-41-46-51-56-61-66-71-76-92(101)87-97-81-82-98(83-85-99(88-93(102)77-72-67-62-57-52-47-42-37-32-27-22-17-12-7-2)89-94(103)78-73-68-63-58-53-48-43-38-33-28-23-18-13-8-3)84-86-100(90-95(104)79-74-69-64-59-54-49-44-39-34-29-24-19-14-9-4)91-96(105)80-75-70-65-60-55-50-45-40-35-30-25-20-15-10-5/h92-97,101-105H,6-91H2,1-5H3. The molecule has 6 N–H and O–H groups in total. The van der Waals surface area contributed by atoms with Gasteiger partial charge < -0.3 is 30.8 Å². The zero-order valence-electron chi connectivity index (χ0n) is 72.8. The maximum atomic E-state index is 11.8. The van der Waals surface area contributed by atoms with Crippen molar-refractivity contribution in [3.05, 3.63) is 0 Å². The molecule has 9 heteroatoms. The lowest BCUT2D eigenvalue weighted by atomic mass is 10.0. The highest BCUT2D eigenvalue weighted by molar-refractivity contribution is 4.76. The second-order valence-corrected chi connectivity index (χ2v) is 34.8. The molecule has 0 rings (SSSR count). The van der Waals surface area contributed by atoms with Crippen LogP contribution >= 0.6 is 0 Å². The average Bonchev–Trinajstić information content (AvgIpc) is 0.934. The molecule has 0 aromatic rings. The summed E-state index contributed by atoms with van der Waals surface area (Å²) in [7, 11) is 0. The van der Waals surface area contributed by atoms with Crippen molar-refractivity contribution in [2.45, 2.75) is 547 Å². The molecular weight excluding hydrogens is 1290 g/mol. The third-order valence-corrected chi connectivity index (χ3v) is 23.8. The van der Waals surface area contributed by atoms with Crippen molar-refractivity contribution in [3.63, 3.8) is 0 Å². The van der Waals surface area contributed by atoms with Crippen LogP contribution in [0.2, 0.25) is 0 Å². The minimum absolute atomic E-state index is 0.341. The molecule has 5 unspecified atom stereocenters. The molecule has 0 heterocycles. The fourth-order valence-electron chi connectivity index (χ4n) is 16.5. The van der Waals surface area contributed by atoms with Crippen LogP contribution < -0.4 is 5.32 Å². The summed E-state index contributed by atoms with van der Waals surface area (Å²) in [6.07, 6.45) is 95.5. The molecule has 0 fully saturated rings. The van der Waals surface area contributed by atoms with Gasteiger partial charge in [0.1, 0.15) is 0 Å². The molecule has 0 aliphatic carbocycles. The Kier molecular flexibility index (Phi) is 88.9. The minimum atomic E-state index is -0.412. The Balaban J connectivity index is 6.09. The summed E-state index contributed by atoms with van der Waals surface area (Å²) in [5.41, 5.74) is 0. The Morgan fingerprint density at radius 2 is 0.314 bits per heavy atom. The zero-order chi connectivity index (χ0) is 76.1. The van der Waals surface area contributed by atoms with Gasteiger partial charge in [-0.3, -0.25) is 14.7 Å². The Labute approximate surface area is 660 Å². The van der Waals surface area contributed by atoms with Crippen LogP contribution in [0.1, 0.15) is 516 Å². The number of hydrogen-bond acceptors (Lipinski definition) is 9. The SMILES string of the molecule is CCCCCCCCCCCCCCCCC(O)CNCCN(CCN(CC(O)CCCCCCCCCCCCCCCC)CC(O)CCCCCCCCCCCCCCCC)CCN(CC(O)CCCCCCCCCCCCCCCC)CC(O)CCCCCCCCCCCCCCCC. The second kappa shape index (κ2) is 89.2. The summed E-state index contributed by atoms with van der Waals surface area (Å²) in [5.74, 6) is 0. The average molecular weight is 1490 g/mol. The van der Waals surface area contributed by atoms with Gasteiger partial charge in [-0.05, 0) is 32.1 Å². The van der Waals surface area contributed by atoms with E-state index in [2.05, 4.69) is 54.6 Å². The molecular formula is C96H198N4O5. The molecule has 632 valence electrons. The highest BCUT2D eigenvalue weighted by atomic mass is 16.3. The number of nitrogens with zero attached hydrogens (tertiary/aromatic N) is 3. The molecule has 0 amide bonds. The Morgan fingerprint density at radius 3 is 0.486 bits per heavy atom. The molecule has 0 aliphatic rings. The van der Waals surface area contributed by atoms with Crippen LogP contribution in [0.25, 0.3) is 0 Å².